The molecular formula is C16H18N2O3. The molecule has 1 aromatic heterocycles. The van der Waals surface area contributed by atoms with Crippen LogP contribution in [0.25, 0.3) is 0 Å². The van der Waals surface area contributed by atoms with E-state index in [0.29, 0.717) is 5.75 Å². The molecule has 0 fully saturated rings. The molecule has 110 valence electrons. The molecule has 0 atom stereocenters. The molecule has 0 aliphatic carbocycles. The third-order valence-electron chi connectivity index (χ3n) is 3.00. The molecule has 0 aliphatic rings. The van der Waals surface area contributed by atoms with Crippen molar-refractivity contribution in [3.63, 3.8) is 0 Å². The Hall–Kier alpha value is -2.56. The average molecular weight is 286 g/mol. The number of aryl methyl sites for hydroxylation is 2. The Labute approximate surface area is 123 Å². The predicted molar refractivity (Wildman–Crippen MR) is 80.6 cm³/mol. The van der Waals surface area contributed by atoms with Crippen molar-refractivity contribution in [3.05, 3.63) is 47.2 Å². The number of nitrogens with zero attached hydrogens (tertiary/aromatic N) is 1. The maximum absolute atomic E-state index is 11.8. The lowest BCUT2D eigenvalue weighted by Crippen LogP contribution is -2.09. The van der Waals surface area contributed by atoms with Gasteiger partial charge in [-0.1, -0.05) is 12.1 Å². The largest absolute Gasteiger partial charge is 0.462 e. The lowest BCUT2D eigenvalue weighted by atomic mass is 10.1. The second-order valence-corrected chi connectivity index (χ2v) is 4.67. The van der Waals surface area contributed by atoms with Crippen molar-refractivity contribution in [1.29, 1.82) is 0 Å². The lowest BCUT2D eigenvalue weighted by molar-refractivity contribution is 0.0527. The Bertz CT molecular complexity index is 669. The first-order valence-electron chi connectivity index (χ1n) is 6.69. The fraction of sp³-hybridized carbons (Fsp3) is 0.250. The first kappa shape index (κ1) is 14.8. The van der Waals surface area contributed by atoms with Gasteiger partial charge in [-0.25, -0.2) is 9.78 Å². The molecule has 2 N–H and O–H groups in total. The third kappa shape index (κ3) is 3.31. The fourth-order valence-corrected chi connectivity index (χ4v) is 1.84. The molecule has 0 spiro atoms. The zero-order chi connectivity index (χ0) is 15.4. The summed E-state index contributed by atoms with van der Waals surface area (Å²) >= 11 is 0. The van der Waals surface area contributed by atoms with E-state index < -0.39 is 5.97 Å². The van der Waals surface area contributed by atoms with Crippen LogP contribution in [0.15, 0.2) is 30.5 Å². The van der Waals surface area contributed by atoms with Crippen LogP contribution in [0.4, 0.5) is 5.69 Å². The lowest BCUT2D eigenvalue weighted by Gasteiger charge is -2.12. The van der Waals surface area contributed by atoms with Gasteiger partial charge in [0.1, 0.15) is 11.4 Å². The van der Waals surface area contributed by atoms with E-state index in [1.165, 1.54) is 12.3 Å². The van der Waals surface area contributed by atoms with Gasteiger partial charge in [0.15, 0.2) is 0 Å². The molecule has 21 heavy (non-hydrogen) atoms. The number of rotatable bonds is 4. The van der Waals surface area contributed by atoms with Gasteiger partial charge in [-0.15, -0.1) is 0 Å². The topological polar surface area (TPSA) is 74.4 Å². The fourth-order valence-electron chi connectivity index (χ4n) is 1.84. The Morgan fingerprint density at radius 1 is 1.29 bits per heavy atom. The summed E-state index contributed by atoms with van der Waals surface area (Å²) in [5.41, 5.74) is 8.42. The zero-order valence-corrected chi connectivity index (χ0v) is 12.3. The molecule has 0 unspecified atom stereocenters. The number of benzene rings is 1. The van der Waals surface area contributed by atoms with E-state index in [1.54, 1.807) is 6.92 Å². The minimum Gasteiger partial charge on any atom is -0.462 e. The number of ether oxygens (including phenoxy) is 2. The molecule has 0 bridgehead atoms. The SMILES string of the molecule is CCOC(=O)c1ccnc(Oc2cc(C)ccc2C)c1N. The molecule has 0 saturated carbocycles. The monoisotopic (exact) mass is 286 g/mol. The van der Waals surface area contributed by atoms with Crippen LogP contribution >= 0.6 is 0 Å². The smallest absolute Gasteiger partial charge is 0.340 e. The number of hydrogen-bond acceptors (Lipinski definition) is 5. The number of nitrogens with two attached hydrogens (primary N) is 1. The second kappa shape index (κ2) is 6.26. The minimum atomic E-state index is -0.483. The maximum atomic E-state index is 11.8. The van der Waals surface area contributed by atoms with Crippen LogP contribution in [-0.2, 0) is 4.74 Å². The minimum absolute atomic E-state index is 0.178. The van der Waals surface area contributed by atoms with Crippen molar-refractivity contribution < 1.29 is 14.3 Å². The Balaban J connectivity index is 2.35. The van der Waals surface area contributed by atoms with Crippen LogP contribution in [0.1, 0.15) is 28.4 Å². The molecule has 2 aromatic rings. The van der Waals surface area contributed by atoms with Crippen LogP contribution in [0.5, 0.6) is 11.6 Å². The summed E-state index contributed by atoms with van der Waals surface area (Å²) in [5.74, 6) is 0.382. The van der Waals surface area contributed by atoms with Gasteiger partial charge in [-0.3, -0.25) is 0 Å². The molecule has 5 nitrogen and oxygen atoms in total. The number of aromatic nitrogens is 1. The molecule has 1 aromatic carbocycles. The van der Waals surface area contributed by atoms with Crippen LogP contribution < -0.4 is 10.5 Å². The van der Waals surface area contributed by atoms with E-state index in [1.807, 2.05) is 32.0 Å². The van der Waals surface area contributed by atoms with E-state index in [9.17, 15) is 4.79 Å². The molecule has 1 heterocycles. The summed E-state index contributed by atoms with van der Waals surface area (Å²) in [4.78, 5) is 15.9. The molecule has 0 aliphatic heterocycles. The number of nitrogen functional groups attached to an aromatic ring is 1. The van der Waals surface area contributed by atoms with Crippen molar-refractivity contribution in [2.45, 2.75) is 20.8 Å². The summed E-state index contributed by atoms with van der Waals surface area (Å²) < 4.78 is 10.7. The number of hydrogen-bond donors (Lipinski definition) is 1. The zero-order valence-electron chi connectivity index (χ0n) is 12.3. The number of esters is 1. The second-order valence-electron chi connectivity index (χ2n) is 4.67. The van der Waals surface area contributed by atoms with Gasteiger partial charge in [0.2, 0.25) is 5.88 Å². The number of anilines is 1. The average Bonchev–Trinajstić information content (AvgIpc) is 2.45. The summed E-state index contributed by atoms with van der Waals surface area (Å²) in [7, 11) is 0. The highest BCUT2D eigenvalue weighted by Crippen LogP contribution is 2.30. The van der Waals surface area contributed by atoms with Crippen molar-refractivity contribution in [2.75, 3.05) is 12.3 Å². The Morgan fingerprint density at radius 3 is 2.76 bits per heavy atom. The summed E-state index contributed by atoms with van der Waals surface area (Å²) in [6.07, 6.45) is 1.48. The van der Waals surface area contributed by atoms with E-state index in [2.05, 4.69) is 4.98 Å². The Morgan fingerprint density at radius 2 is 2.05 bits per heavy atom. The quantitative estimate of drug-likeness (QED) is 0.873. The molecular weight excluding hydrogens is 268 g/mol. The molecule has 2 rings (SSSR count). The molecule has 0 saturated heterocycles. The van der Waals surface area contributed by atoms with E-state index in [0.717, 1.165) is 11.1 Å². The maximum Gasteiger partial charge on any atom is 0.340 e. The standard InChI is InChI=1S/C16H18N2O3/c1-4-20-16(19)12-7-8-18-15(14(12)17)21-13-9-10(2)5-6-11(13)3/h5-9H,4,17H2,1-3H3. The third-order valence-corrected chi connectivity index (χ3v) is 3.00. The highest BCUT2D eigenvalue weighted by Gasteiger charge is 2.16. The van der Waals surface area contributed by atoms with Crippen LogP contribution in [0, 0.1) is 13.8 Å². The van der Waals surface area contributed by atoms with Crippen LogP contribution in [0.3, 0.4) is 0 Å². The van der Waals surface area contributed by atoms with Crippen molar-refractivity contribution >= 4 is 11.7 Å². The van der Waals surface area contributed by atoms with Gasteiger partial charge in [0.25, 0.3) is 0 Å². The normalized spacial score (nSPS) is 10.2. The highest BCUT2D eigenvalue weighted by atomic mass is 16.5. The first-order valence-corrected chi connectivity index (χ1v) is 6.69. The van der Waals surface area contributed by atoms with Crippen molar-refractivity contribution in [2.24, 2.45) is 0 Å². The van der Waals surface area contributed by atoms with Gasteiger partial charge in [-0.05, 0) is 44.0 Å². The number of carbonyl (C=O) groups excluding carboxylic acids is 1. The molecule has 5 heteroatoms. The number of pyridine rings is 1. The number of carbonyl (C=O) groups is 1. The van der Waals surface area contributed by atoms with Gasteiger partial charge in [0.05, 0.1) is 12.2 Å². The summed E-state index contributed by atoms with van der Waals surface area (Å²) in [6, 6.07) is 7.36. The predicted octanol–water partition coefficient (Wildman–Crippen LogP) is 3.25. The van der Waals surface area contributed by atoms with Gasteiger partial charge in [0, 0.05) is 6.20 Å². The van der Waals surface area contributed by atoms with E-state index in [-0.39, 0.29) is 23.7 Å². The van der Waals surface area contributed by atoms with Crippen LogP contribution in [0.2, 0.25) is 0 Å². The van der Waals surface area contributed by atoms with Crippen LogP contribution in [-0.4, -0.2) is 17.6 Å². The van der Waals surface area contributed by atoms with Crippen molar-refractivity contribution in [3.8, 4) is 11.6 Å². The van der Waals surface area contributed by atoms with Gasteiger partial charge < -0.3 is 15.2 Å². The first-order chi connectivity index (χ1) is 10.0. The Kier molecular flexibility index (Phi) is 4.42. The van der Waals surface area contributed by atoms with Gasteiger partial charge in [-0.2, -0.15) is 0 Å². The van der Waals surface area contributed by atoms with E-state index >= 15 is 0 Å². The van der Waals surface area contributed by atoms with E-state index in [4.69, 9.17) is 15.2 Å². The van der Waals surface area contributed by atoms with Crippen molar-refractivity contribution in [1.82, 2.24) is 4.98 Å². The van der Waals surface area contributed by atoms with Gasteiger partial charge >= 0.3 is 5.97 Å². The highest BCUT2D eigenvalue weighted by molar-refractivity contribution is 5.96. The summed E-state index contributed by atoms with van der Waals surface area (Å²) in [6.45, 7) is 5.93. The molecule has 0 radical (unpaired) electrons. The summed E-state index contributed by atoms with van der Waals surface area (Å²) in [5, 5.41) is 0. The molecule has 0 amide bonds.